The molecular formula is C16H18Cl2N4O4S. The van der Waals surface area contributed by atoms with E-state index in [9.17, 15) is 14.7 Å². The van der Waals surface area contributed by atoms with Crippen LogP contribution in [0.1, 0.15) is 22.8 Å². The van der Waals surface area contributed by atoms with Gasteiger partial charge < -0.3 is 15.2 Å². The van der Waals surface area contributed by atoms with Gasteiger partial charge in [0.2, 0.25) is 11.7 Å². The van der Waals surface area contributed by atoms with E-state index < -0.39 is 11.8 Å². The number of ether oxygens (including phenoxy) is 1. The van der Waals surface area contributed by atoms with Crippen LogP contribution in [0.25, 0.3) is 0 Å². The Morgan fingerprint density at radius 1 is 1.37 bits per heavy atom. The lowest BCUT2D eigenvalue weighted by atomic mass is 10.1. The van der Waals surface area contributed by atoms with Crippen molar-refractivity contribution in [2.24, 2.45) is 0 Å². The zero-order valence-corrected chi connectivity index (χ0v) is 17.0. The van der Waals surface area contributed by atoms with Gasteiger partial charge in [0.15, 0.2) is 5.75 Å². The van der Waals surface area contributed by atoms with E-state index in [0.29, 0.717) is 6.54 Å². The summed E-state index contributed by atoms with van der Waals surface area (Å²) in [6.07, 6.45) is 1.27. The van der Waals surface area contributed by atoms with E-state index in [4.69, 9.17) is 27.9 Å². The van der Waals surface area contributed by atoms with Gasteiger partial charge in [0, 0.05) is 19.2 Å². The van der Waals surface area contributed by atoms with Gasteiger partial charge in [0.25, 0.3) is 0 Å². The Bertz CT molecular complexity index is 859. The van der Waals surface area contributed by atoms with Crippen molar-refractivity contribution in [1.29, 1.82) is 0 Å². The lowest BCUT2D eigenvalue weighted by molar-refractivity contribution is 0.103. The second-order valence-electron chi connectivity index (χ2n) is 5.29. The van der Waals surface area contributed by atoms with Crippen molar-refractivity contribution in [3.05, 3.63) is 39.5 Å². The number of urea groups is 1. The molecule has 1 aromatic heterocycles. The van der Waals surface area contributed by atoms with Crippen LogP contribution in [0.3, 0.4) is 0 Å². The first-order valence-corrected chi connectivity index (χ1v) is 9.05. The molecule has 146 valence electrons. The monoisotopic (exact) mass is 432 g/mol. The van der Waals surface area contributed by atoms with Crippen LogP contribution in [-0.4, -0.2) is 51.2 Å². The Morgan fingerprint density at radius 2 is 2.07 bits per heavy atom. The van der Waals surface area contributed by atoms with Crippen molar-refractivity contribution in [3.63, 3.8) is 0 Å². The SMILES string of the molecule is CCn1ncc(C(=O)c2ccc(Cl)c(OCCN(S)C(=O)NC)c2Cl)c1O. The molecule has 0 aliphatic rings. The van der Waals surface area contributed by atoms with Crippen molar-refractivity contribution in [2.45, 2.75) is 13.5 Å². The maximum absolute atomic E-state index is 12.7. The maximum atomic E-state index is 12.7. The Labute approximate surface area is 171 Å². The molecular weight excluding hydrogens is 415 g/mol. The third-order valence-electron chi connectivity index (χ3n) is 3.65. The molecule has 0 atom stereocenters. The number of aryl methyl sites for hydroxylation is 1. The molecule has 0 fully saturated rings. The number of carbonyl (C=O) groups is 2. The van der Waals surface area contributed by atoms with Crippen molar-refractivity contribution in [1.82, 2.24) is 19.4 Å². The largest absolute Gasteiger partial charge is 0.493 e. The fraction of sp³-hybridized carbons (Fsp3) is 0.312. The first-order valence-electron chi connectivity index (χ1n) is 7.90. The number of amides is 2. The van der Waals surface area contributed by atoms with E-state index in [2.05, 4.69) is 23.2 Å². The van der Waals surface area contributed by atoms with Crippen LogP contribution in [-0.2, 0) is 6.54 Å². The number of nitrogens with one attached hydrogen (secondary N) is 1. The van der Waals surface area contributed by atoms with Gasteiger partial charge in [-0.2, -0.15) is 5.10 Å². The van der Waals surface area contributed by atoms with Crippen molar-refractivity contribution >= 4 is 47.8 Å². The quantitative estimate of drug-likeness (QED) is 0.461. The first kappa shape index (κ1) is 21.2. The van der Waals surface area contributed by atoms with Gasteiger partial charge in [-0.05, 0) is 19.1 Å². The third kappa shape index (κ3) is 4.60. The fourth-order valence-electron chi connectivity index (χ4n) is 2.22. The summed E-state index contributed by atoms with van der Waals surface area (Å²) < 4.78 is 7.95. The molecule has 27 heavy (non-hydrogen) atoms. The number of nitrogens with zero attached hydrogens (tertiary/aromatic N) is 3. The predicted molar refractivity (Wildman–Crippen MR) is 105 cm³/mol. The summed E-state index contributed by atoms with van der Waals surface area (Å²) in [5.41, 5.74) is 0.129. The number of rotatable bonds is 7. The molecule has 0 aliphatic carbocycles. The highest BCUT2D eigenvalue weighted by molar-refractivity contribution is 7.78. The van der Waals surface area contributed by atoms with E-state index in [-0.39, 0.29) is 46.0 Å². The molecule has 1 aromatic carbocycles. The molecule has 2 rings (SSSR count). The van der Waals surface area contributed by atoms with E-state index in [1.54, 1.807) is 6.92 Å². The number of halogens is 2. The lowest BCUT2D eigenvalue weighted by Crippen LogP contribution is -2.33. The van der Waals surface area contributed by atoms with Crippen LogP contribution < -0.4 is 10.1 Å². The minimum atomic E-state index is -0.514. The van der Waals surface area contributed by atoms with Gasteiger partial charge in [-0.3, -0.25) is 9.10 Å². The molecule has 11 heteroatoms. The summed E-state index contributed by atoms with van der Waals surface area (Å²) in [7, 11) is 1.48. The lowest BCUT2D eigenvalue weighted by Gasteiger charge is -2.17. The van der Waals surface area contributed by atoms with Crippen LogP contribution in [0, 0.1) is 0 Å². The number of thiol groups is 1. The number of ketones is 1. The normalized spacial score (nSPS) is 10.6. The number of carbonyl (C=O) groups excluding carboxylic acids is 2. The summed E-state index contributed by atoms with van der Waals surface area (Å²) in [5, 5.41) is 16.6. The van der Waals surface area contributed by atoms with Gasteiger partial charge in [-0.25, -0.2) is 9.48 Å². The van der Waals surface area contributed by atoms with Crippen molar-refractivity contribution in [3.8, 4) is 11.6 Å². The van der Waals surface area contributed by atoms with Crippen LogP contribution in [0.5, 0.6) is 11.6 Å². The van der Waals surface area contributed by atoms with Crippen molar-refractivity contribution in [2.75, 3.05) is 20.2 Å². The Morgan fingerprint density at radius 3 is 2.67 bits per heavy atom. The molecule has 0 aliphatic heterocycles. The second kappa shape index (κ2) is 9.20. The standard InChI is InChI=1S/C16H18Cl2N4O4S/c1-3-21-15(24)10(8-20-21)13(23)9-4-5-11(17)14(12(9)18)26-7-6-22(27)16(25)19-2/h4-5,8,24,27H,3,6-7H2,1-2H3,(H,19,25). The Hall–Kier alpha value is -2.10. The molecule has 2 aromatic rings. The van der Waals surface area contributed by atoms with Gasteiger partial charge in [-0.1, -0.05) is 36.0 Å². The molecule has 0 unspecified atom stereocenters. The summed E-state index contributed by atoms with van der Waals surface area (Å²) >= 11 is 16.4. The van der Waals surface area contributed by atoms with E-state index in [1.807, 2.05) is 0 Å². The summed E-state index contributed by atoms with van der Waals surface area (Å²) in [5.74, 6) is -0.655. The minimum absolute atomic E-state index is 0.00167. The van der Waals surface area contributed by atoms with Crippen LogP contribution in [0.4, 0.5) is 4.79 Å². The smallest absolute Gasteiger partial charge is 0.327 e. The number of aromatic nitrogens is 2. The number of hydrogen-bond acceptors (Lipinski definition) is 6. The minimum Gasteiger partial charge on any atom is -0.493 e. The number of hydrogen-bond donors (Lipinski definition) is 3. The van der Waals surface area contributed by atoms with Crippen molar-refractivity contribution < 1.29 is 19.4 Å². The van der Waals surface area contributed by atoms with Crippen LogP contribution in [0.2, 0.25) is 10.0 Å². The summed E-state index contributed by atoms with van der Waals surface area (Å²) in [6, 6.07) is 2.51. The highest BCUT2D eigenvalue weighted by atomic mass is 35.5. The average Bonchev–Trinajstić information content (AvgIpc) is 3.03. The highest BCUT2D eigenvalue weighted by Gasteiger charge is 2.23. The molecule has 2 amide bonds. The van der Waals surface area contributed by atoms with E-state index >= 15 is 0 Å². The predicted octanol–water partition coefficient (Wildman–Crippen LogP) is 3.01. The first-order chi connectivity index (χ1) is 12.8. The van der Waals surface area contributed by atoms with Gasteiger partial charge in [-0.15, -0.1) is 0 Å². The van der Waals surface area contributed by atoms with Gasteiger partial charge >= 0.3 is 6.03 Å². The second-order valence-corrected chi connectivity index (χ2v) is 6.56. The summed E-state index contributed by atoms with van der Waals surface area (Å²) in [4.78, 5) is 24.1. The molecule has 2 N–H and O–H groups in total. The fourth-order valence-corrected chi connectivity index (χ4v) is 2.97. The van der Waals surface area contributed by atoms with Crippen LogP contribution in [0.15, 0.2) is 18.3 Å². The average molecular weight is 433 g/mol. The molecule has 0 bridgehead atoms. The number of aromatic hydroxyl groups is 1. The Kier molecular flexibility index (Phi) is 7.23. The van der Waals surface area contributed by atoms with E-state index in [0.717, 1.165) is 4.31 Å². The van der Waals surface area contributed by atoms with Crippen LogP contribution >= 0.6 is 36.0 Å². The maximum Gasteiger partial charge on any atom is 0.327 e. The van der Waals surface area contributed by atoms with Gasteiger partial charge in [0.1, 0.15) is 12.2 Å². The highest BCUT2D eigenvalue weighted by Crippen LogP contribution is 2.37. The molecule has 0 spiro atoms. The van der Waals surface area contributed by atoms with E-state index in [1.165, 1.54) is 30.1 Å². The summed E-state index contributed by atoms with van der Waals surface area (Å²) in [6.45, 7) is 2.39. The molecule has 1 heterocycles. The number of benzene rings is 1. The van der Waals surface area contributed by atoms with Gasteiger partial charge in [0.05, 0.1) is 22.8 Å². The molecule has 0 radical (unpaired) electrons. The third-order valence-corrected chi connectivity index (χ3v) is 4.70. The molecule has 0 saturated heterocycles. The zero-order chi connectivity index (χ0) is 20.1. The molecule has 0 saturated carbocycles. The topological polar surface area (TPSA) is 96.7 Å². The zero-order valence-electron chi connectivity index (χ0n) is 14.6. The Balaban J connectivity index is 2.22. The molecule has 8 nitrogen and oxygen atoms in total.